The molecule has 9 aromatic rings. The van der Waals surface area contributed by atoms with E-state index in [4.69, 9.17) is 0 Å². The van der Waals surface area contributed by atoms with E-state index >= 15 is 0 Å². The summed E-state index contributed by atoms with van der Waals surface area (Å²) in [5.74, 6) is 0. The summed E-state index contributed by atoms with van der Waals surface area (Å²) in [4.78, 5) is 2.47. The minimum atomic E-state index is -0.514. The van der Waals surface area contributed by atoms with Gasteiger partial charge in [-0.2, -0.15) is 0 Å². The number of nitrogens with zero attached hydrogens (tertiary/aromatic N) is 1. The predicted octanol–water partition coefficient (Wildman–Crippen LogP) is 13.5. The van der Waals surface area contributed by atoms with Crippen LogP contribution in [0.5, 0.6) is 0 Å². The standard InChI is InChI=1S/C51H35N/c1-4-16-36(17-5-1)38-28-31-42(32-29-38)52(43-33-30-37-18-10-11-19-39(37)34-43)49-35-48-50(45-25-13-12-24-44(45)49)46-26-14-15-27-47(46)51(48,40-20-6-2-7-21-40)41-22-8-3-9-23-41/h1-35H. The average Bonchev–Trinajstić information content (AvgIpc) is 3.53. The van der Waals surface area contributed by atoms with E-state index in [-0.39, 0.29) is 0 Å². The zero-order valence-electron chi connectivity index (χ0n) is 28.7. The number of fused-ring (bicyclic) bond motifs is 6. The van der Waals surface area contributed by atoms with Crippen molar-refractivity contribution < 1.29 is 0 Å². The van der Waals surface area contributed by atoms with Gasteiger partial charge in [-0.1, -0.05) is 182 Å². The summed E-state index contributed by atoms with van der Waals surface area (Å²) < 4.78 is 0. The van der Waals surface area contributed by atoms with Crippen LogP contribution in [0.1, 0.15) is 22.3 Å². The van der Waals surface area contributed by atoms with Crippen molar-refractivity contribution in [3.05, 3.63) is 235 Å². The molecule has 0 aromatic heterocycles. The van der Waals surface area contributed by atoms with Crippen molar-refractivity contribution in [2.24, 2.45) is 0 Å². The van der Waals surface area contributed by atoms with Gasteiger partial charge < -0.3 is 4.90 Å². The summed E-state index contributed by atoms with van der Waals surface area (Å²) in [6.07, 6.45) is 0. The Morgan fingerprint density at radius 1 is 0.346 bits per heavy atom. The van der Waals surface area contributed by atoms with E-state index in [2.05, 4.69) is 217 Å². The molecule has 244 valence electrons. The molecule has 0 atom stereocenters. The van der Waals surface area contributed by atoms with E-state index in [1.807, 2.05) is 0 Å². The van der Waals surface area contributed by atoms with Crippen LogP contribution in [0.15, 0.2) is 212 Å². The summed E-state index contributed by atoms with van der Waals surface area (Å²) in [5.41, 5.74) is 13.0. The minimum absolute atomic E-state index is 0.514. The molecule has 9 aromatic carbocycles. The first-order valence-electron chi connectivity index (χ1n) is 18.0. The summed E-state index contributed by atoms with van der Waals surface area (Å²) in [7, 11) is 0. The normalized spacial score (nSPS) is 12.8. The molecular formula is C51H35N. The summed E-state index contributed by atoms with van der Waals surface area (Å²) >= 11 is 0. The summed E-state index contributed by atoms with van der Waals surface area (Å²) in [5, 5.41) is 4.91. The molecule has 10 rings (SSSR count). The van der Waals surface area contributed by atoms with Gasteiger partial charge in [0.05, 0.1) is 11.1 Å². The molecule has 1 aliphatic rings. The maximum absolute atomic E-state index is 2.50. The molecule has 0 heterocycles. The molecule has 0 amide bonds. The van der Waals surface area contributed by atoms with Crippen LogP contribution >= 0.6 is 0 Å². The van der Waals surface area contributed by atoms with E-state index < -0.39 is 5.41 Å². The lowest BCUT2D eigenvalue weighted by atomic mass is 9.67. The van der Waals surface area contributed by atoms with Gasteiger partial charge in [-0.3, -0.25) is 0 Å². The molecule has 1 aliphatic carbocycles. The van der Waals surface area contributed by atoms with Crippen molar-refractivity contribution in [3.8, 4) is 22.3 Å². The first kappa shape index (κ1) is 30.2. The van der Waals surface area contributed by atoms with Crippen LogP contribution in [-0.2, 0) is 5.41 Å². The third-order valence-corrected chi connectivity index (χ3v) is 10.9. The third-order valence-electron chi connectivity index (χ3n) is 10.9. The fourth-order valence-corrected chi connectivity index (χ4v) is 8.64. The molecule has 0 unspecified atom stereocenters. The molecule has 52 heavy (non-hydrogen) atoms. The lowest BCUT2D eigenvalue weighted by Crippen LogP contribution is -2.28. The van der Waals surface area contributed by atoms with E-state index in [1.165, 1.54) is 66.1 Å². The number of rotatable bonds is 6. The van der Waals surface area contributed by atoms with Crippen LogP contribution in [-0.4, -0.2) is 0 Å². The Hall–Kier alpha value is -6.70. The Balaban J connectivity index is 1.31. The Labute approximate surface area is 304 Å². The zero-order valence-corrected chi connectivity index (χ0v) is 28.7. The second-order valence-electron chi connectivity index (χ2n) is 13.7. The Kier molecular flexibility index (Phi) is 7.11. The highest BCUT2D eigenvalue weighted by molar-refractivity contribution is 6.11. The van der Waals surface area contributed by atoms with E-state index in [1.54, 1.807) is 0 Å². The van der Waals surface area contributed by atoms with Gasteiger partial charge in [0.2, 0.25) is 0 Å². The van der Waals surface area contributed by atoms with E-state index in [0.717, 1.165) is 17.1 Å². The van der Waals surface area contributed by atoms with Crippen molar-refractivity contribution in [1.29, 1.82) is 0 Å². The fraction of sp³-hybridized carbons (Fsp3) is 0.0196. The zero-order chi connectivity index (χ0) is 34.5. The van der Waals surface area contributed by atoms with Crippen LogP contribution in [0, 0.1) is 0 Å². The van der Waals surface area contributed by atoms with Crippen LogP contribution in [0.3, 0.4) is 0 Å². The lowest BCUT2D eigenvalue weighted by Gasteiger charge is -2.35. The van der Waals surface area contributed by atoms with Crippen LogP contribution in [0.4, 0.5) is 17.1 Å². The van der Waals surface area contributed by atoms with Gasteiger partial charge in [0.1, 0.15) is 0 Å². The number of anilines is 3. The molecule has 1 nitrogen and oxygen atoms in total. The maximum atomic E-state index is 2.50. The second-order valence-corrected chi connectivity index (χ2v) is 13.7. The summed E-state index contributed by atoms with van der Waals surface area (Å²) in [6, 6.07) is 77.9. The molecule has 0 fully saturated rings. The Morgan fingerprint density at radius 3 is 1.60 bits per heavy atom. The number of hydrogen-bond donors (Lipinski definition) is 0. The van der Waals surface area contributed by atoms with Crippen LogP contribution in [0.25, 0.3) is 43.8 Å². The van der Waals surface area contributed by atoms with Gasteiger partial charge >= 0.3 is 0 Å². The Morgan fingerprint density at radius 2 is 0.885 bits per heavy atom. The first-order valence-corrected chi connectivity index (χ1v) is 18.0. The van der Waals surface area contributed by atoms with Gasteiger partial charge in [-0.15, -0.1) is 0 Å². The van der Waals surface area contributed by atoms with Crippen LogP contribution in [0.2, 0.25) is 0 Å². The van der Waals surface area contributed by atoms with Crippen molar-refractivity contribution in [3.63, 3.8) is 0 Å². The molecular weight excluding hydrogens is 627 g/mol. The highest BCUT2D eigenvalue weighted by Crippen LogP contribution is 2.59. The minimum Gasteiger partial charge on any atom is -0.310 e. The quantitative estimate of drug-likeness (QED) is 0.171. The Bertz CT molecular complexity index is 2670. The monoisotopic (exact) mass is 661 g/mol. The molecule has 0 saturated heterocycles. The number of hydrogen-bond acceptors (Lipinski definition) is 1. The van der Waals surface area contributed by atoms with Crippen LogP contribution < -0.4 is 4.90 Å². The molecule has 0 saturated carbocycles. The van der Waals surface area contributed by atoms with Gasteiger partial charge in [0, 0.05) is 16.8 Å². The van der Waals surface area contributed by atoms with Gasteiger partial charge in [-0.05, 0) is 91.0 Å². The van der Waals surface area contributed by atoms with Crippen molar-refractivity contribution >= 4 is 38.6 Å². The third kappa shape index (κ3) is 4.63. The molecule has 0 radical (unpaired) electrons. The summed E-state index contributed by atoms with van der Waals surface area (Å²) in [6.45, 7) is 0. The van der Waals surface area contributed by atoms with E-state index in [0.29, 0.717) is 0 Å². The largest absolute Gasteiger partial charge is 0.310 e. The molecule has 0 bridgehead atoms. The van der Waals surface area contributed by atoms with Gasteiger partial charge in [0.15, 0.2) is 0 Å². The highest BCUT2D eigenvalue weighted by Gasteiger charge is 2.47. The molecule has 0 spiro atoms. The molecule has 1 heteroatoms. The first-order chi connectivity index (χ1) is 25.8. The topological polar surface area (TPSA) is 3.24 Å². The van der Waals surface area contributed by atoms with Crippen molar-refractivity contribution in [2.45, 2.75) is 5.41 Å². The average molecular weight is 662 g/mol. The lowest BCUT2D eigenvalue weighted by molar-refractivity contribution is 0.769. The molecule has 0 N–H and O–H groups in total. The van der Waals surface area contributed by atoms with Crippen molar-refractivity contribution in [2.75, 3.05) is 4.90 Å². The van der Waals surface area contributed by atoms with Gasteiger partial charge in [0.25, 0.3) is 0 Å². The fourth-order valence-electron chi connectivity index (χ4n) is 8.64. The highest BCUT2D eigenvalue weighted by atomic mass is 15.1. The predicted molar refractivity (Wildman–Crippen MR) is 219 cm³/mol. The van der Waals surface area contributed by atoms with Gasteiger partial charge in [-0.25, -0.2) is 0 Å². The molecule has 0 aliphatic heterocycles. The van der Waals surface area contributed by atoms with E-state index in [9.17, 15) is 0 Å². The van der Waals surface area contributed by atoms with Crippen molar-refractivity contribution in [1.82, 2.24) is 0 Å². The SMILES string of the molecule is c1ccc(-c2ccc(N(c3ccc4ccccc4c3)c3cc4c(c5ccccc35)-c3ccccc3C4(c3ccccc3)c3ccccc3)cc2)cc1. The maximum Gasteiger partial charge on any atom is 0.0714 e. The second kappa shape index (κ2) is 12.3. The number of benzene rings is 9. The smallest absolute Gasteiger partial charge is 0.0714 e.